The molecule has 3 aromatic heterocycles. The van der Waals surface area contributed by atoms with Gasteiger partial charge in [0, 0.05) is 38.2 Å². The Morgan fingerprint density at radius 1 is 0.667 bits per heavy atom. The van der Waals surface area contributed by atoms with Crippen molar-refractivity contribution in [3.05, 3.63) is 127 Å². The summed E-state index contributed by atoms with van der Waals surface area (Å²) in [6, 6.07) is 41.4. The fraction of sp³-hybridized carbons (Fsp3) is 0.105. The molecule has 3 nitrogen and oxygen atoms in total. The molecule has 0 spiro atoms. The number of benzene rings is 5. The van der Waals surface area contributed by atoms with E-state index in [1.54, 1.807) is 11.3 Å². The van der Waals surface area contributed by atoms with Gasteiger partial charge in [-0.05, 0) is 58.3 Å². The molecule has 0 saturated carbocycles. The van der Waals surface area contributed by atoms with Gasteiger partial charge in [-0.25, -0.2) is 9.97 Å². The van der Waals surface area contributed by atoms with Gasteiger partial charge < -0.3 is 0 Å². The number of aromatic nitrogens is 3. The highest BCUT2D eigenvalue weighted by molar-refractivity contribution is 7.26. The first-order chi connectivity index (χ1) is 20.5. The van der Waals surface area contributed by atoms with Crippen LogP contribution in [0.15, 0.2) is 121 Å². The lowest BCUT2D eigenvalue weighted by atomic mass is 9.85. The van der Waals surface area contributed by atoms with Crippen LogP contribution in [-0.4, -0.2) is 14.5 Å². The molecule has 0 amide bonds. The maximum Gasteiger partial charge on any atom is 0.147 e. The third-order valence-corrected chi connectivity index (χ3v) is 9.42. The predicted octanol–water partition coefficient (Wildman–Crippen LogP) is 10.6. The molecule has 0 unspecified atom stereocenters. The van der Waals surface area contributed by atoms with Crippen LogP contribution in [0.2, 0.25) is 0 Å². The molecule has 8 rings (SSSR count). The van der Waals surface area contributed by atoms with Gasteiger partial charge in [0.15, 0.2) is 0 Å². The molecule has 5 aromatic carbocycles. The lowest BCUT2D eigenvalue weighted by molar-refractivity contribution is 0.590. The molecule has 0 fully saturated rings. The largest absolute Gasteiger partial charge is 0.292 e. The normalized spacial score (nSPS) is 12.2. The summed E-state index contributed by atoms with van der Waals surface area (Å²) in [4.78, 5) is 11.2. The molecule has 0 N–H and O–H groups in total. The number of thiophene rings is 1. The van der Waals surface area contributed by atoms with Gasteiger partial charge in [0.2, 0.25) is 0 Å². The predicted molar refractivity (Wildman–Crippen MR) is 179 cm³/mol. The molecule has 0 saturated heterocycles. The Kier molecular flexibility index (Phi) is 5.56. The quantitative estimate of drug-likeness (QED) is 0.216. The van der Waals surface area contributed by atoms with Crippen LogP contribution in [0.3, 0.4) is 0 Å². The minimum absolute atomic E-state index is 0.0216. The Hall–Kier alpha value is -4.80. The maximum absolute atomic E-state index is 5.46. The molecule has 0 radical (unpaired) electrons. The second-order valence-corrected chi connectivity index (χ2v) is 12.9. The van der Waals surface area contributed by atoms with E-state index >= 15 is 0 Å². The monoisotopic (exact) mass is 559 g/mol. The SMILES string of the molecule is CC(C)(C)c1ccc(-n2c(-c3cccc4c3sc3ncccc34)nc3c4ccccc4ccc32)c(-c2ccccc2)c1. The van der Waals surface area contributed by atoms with E-state index in [-0.39, 0.29) is 5.41 Å². The van der Waals surface area contributed by atoms with Crippen LogP contribution >= 0.6 is 11.3 Å². The van der Waals surface area contributed by atoms with Gasteiger partial charge in [-0.1, -0.05) is 99.6 Å². The Labute approximate surface area is 248 Å². The minimum atomic E-state index is 0.0216. The smallest absolute Gasteiger partial charge is 0.147 e. The van der Waals surface area contributed by atoms with Crippen LogP contribution in [0.1, 0.15) is 26.3 Å². The van der Waals surface area contributed by atoms with E-state index in [1.165, 1.54) is 37.5 Å². The maximum atomic E-state index is 5.46. The Morgan fingerprint density at radius 3 is 2.31 bits per heavy atom. The summed E-state index contributed by atoms with van der Waals surface area (Å²) in [6.45, 7) is 6.82. The zero-order valence-corrected chi connectivity index (χ0v) is 24.6. The molecule has 0 aliphatic rings. The molecule has 0 aliphatic heterocycles. The molecule has 8 aromatic rings. The van der Waals surface area contributed by atoms with Crippen LogP contribution in [0.5, 0.6) is 0 Å². The van der Waals surface area contributed by atoms with Crippen LogP contribution in [-0.2, 0) is 5.41 Å². The number of hydrogen-bond donors (Lipinski definition) is 0. The molecule has 3 heterocycles. The van der Waals surface area contributed by atoms with E-state index in [4.69, 9.17) is 9.97 Å². The first-order valence-corrected chi connectivity index (χ1v) is 15.2. The van der Waals surface area contributed by atoms with Crippen molar-refractivity contribution >= 4 is 53.4 Å². The summed E-state index contributed by atoms with van der Waals surface area (Å²) in [5.41, 5.74) is 8.07. The molecule has 0 bridgehead atoms. The zero-order valence-electron chi connectivity index (χ0n) is 23.8. The number of rotatable bonds is 3. The number of imidazole rings is 1. The average molecular weight is 560 g/mol. The van der Waals surface area contributed by atoms with Crippen molar-refractivity contribution in [3.63, 3.8) is 0 Å². The van der Waals surface area contributed by atoms with Gasteiger partial charge in [-0.15, -0.1) is 11.3 Å². The molecule has 42 heavy (non-hydrogen) atoms. The van der Waals surface area contributed by atoms with Crippen molar-refractivity contribution in [3.8, 4) is 28.2 Å². The second-order valence-electron chi connectivity index (χ2n) is 11.9. The fourth-order valence-electron chi connectivity index (χ4n) is 6.09. The molecular formula is C38H29N3S. The van der Waals surface area contributed by atoms with Gasteiger partial charge in [0.05, 0.1) is 16.7 Å². The van der Waals surface area contributed by atoms with Crippen LogP contribution < -0.4 is 0 Å². The minimum Gasteiger partial charge on any atom is -0.292 e. The molecule has 0 aliphatic carbocycles. The highest BCUT2D eigenvalue weighted by Crippen LogP contribution is 2.43. The van der Waals surface area contributed by atoms with Crippen LogP contribution in [0.25, 0.3) is 70.3 Å². The zero-order chi connectivity index (χ0) is 28.4. The standard InChI is InChI=1S/C38H29N3S/c1-38(2,3)26-19-21-32(31(23-26)24-11-5-4-6-12-24)41-33-20-18-25-13-7-8-14-27(25)34(33)40-36(41)30-16-9-15-28-29-17-10-22-39-37(29)42-35(28)30/h4-23H,1-3H3. The highest BCUT2D eigenvalue weighted by Gasteiger charge is 2.23. The molecule has 0 atom stereocenters. The van der Waals surface area contributed by atoms with Crippen LogP contribution in [0.4, 0.5) is 0 Å². The lowest BCUT2D eigenvalue weighted by Gasteiger charge is -2.23. The third-order valence-electron chi connectivity index (χ3n) is 8.25. The average Bonchev–Trinajstić information content (AvgIpc) is 3.60. The fourth-order valence-corrected chi connectivity index (χ4v) is 7.24. The van der Waals surface area contributed by atoms with Crippen molar-refractivity contribution in [2.24, 2.45) is 0 Å². The van der Waals surface area contributed by atoms with Crippen molar-refractivity contribution in [2.75, 3.05) is 0 Å². The van der Waals surface area contributed by atoms with Crippen molar-refractivity contribution < 1.29 is 0 Å². The molecule has 202 valence electrons. The van der Waals surface area contributed by atoms with E-state index in [2.05, 4.69) is 135 Å². The summed E-state index contributed by atoms with van der Waals surface area (Å²) in [5, 5.41) is 4.76. The summed E-state index contributed by atoms with van der Waals surface area (Å²) in [5.74, 6) is 0.944. The van der Waals surface area contributed by atoms with E-state index in [9.17, 15) is 0 Å². The number of hydrogen-bond acceptors (Lipinski definition) is 3. The number of pyridine rings is 1. The first kappa shape index (κ1) is 25.0. The van der Waals surface area contributed by atoms with E-state index in [0.717, 1.165) is 38.3 Å². The summed E-state index contributed by atoms with van der Waals surface area (Å²) in [7, 11) is 0. The summed E-state index contributed by atoms with van der Waals surface area (Å²) >= 11 is 1.74. The summed E-state index contributed by atoms with van der Waals surface area (Å²) in [6.07, 6.45) is 1.88. The second kappa shape index (κ2) is 9.37. The topological polar surface area (TPSA) is 30.7 Å². The van der Waals surface area contributed by atoms with Gasteiger partial charge in [-0.3, -0.25) is 4.57 Å². The lowest BCUT2D eigenvalue weighted by Crippen LogP contribution is -2.12. The Bertz CT molecular complexity index is 2280. The molecule has 4 heteroatoms. The summed E-state index contributed by atoms with van der Waals surface area (Å²) < 4.78 is 3.59. The van der Waals surface area contributed by atoms with Crippen molar-refractivity contribution in [2.45, 2.75) is 26.2 Å². The van der Waals surface area contributed by atoms with Gasteiger partial charge >= 0.3 is 0 Å². The van der Waals surface area contributed by atoms with Gasteiger partial charge in [0.25, 0.3) is 0 Å². The number of fused-ring (bicyclic) bond motifs is 6. The van der Waals surface area contributed by atoms with Crippen molar-refractivity contribution in [1.82, 2.24) is 14.5 Å². The molecular weight excluding hydrogens is 531 g/mol. The van der Waals surface area contributed by atoms with Crippen LogP contribution in [0, 0.1) is 0 Å². The van der Waals surface area contributed by atoms with Crippen molar-refractivity contribution in [1.29, 1.82) is 0 Å². The Morgan fingerprint density at radius 2 is 1.45 bits per heavy atom. The third kappa shape index (κ3) is 3.87. The van der Waals surface area contributed by atoms with E-state index in [0.29, 0.717) is 0 Å². The number of nitrogens with zero attached hydrogens (tertiary/aromatic N) is 3. The van der Waals surface area contributed by atoms with Gasteiger partial charge in [0.1, 0.15) is 10.7 Å². The Balaban J connectivity index is 1.52. The van der Waals surface area contributed by atoms with E-state index in [1.807, 2.05) is 12.3 Å². The van der Waals surface area contributed by atoms with E-state index < -0.39 is 0 Å². The van der Waals surface area contributed by atoms with Gasteiger partial charge in [-0.2, -0.15) is 0 Å². The highest BCUT2D eigenvalue weighted by atomic mass is 32.1. The first-order valence-electron chi connectivity index (χ1n) is 14.3.